The molecule has 1 atom stereocenters. The van der Waals surface area contributed by atoms with Crippen molar-refractivity contribution in [2.45, 2.75) is 17.9 Å². The molecule has 0 unspecified atom stereocenters. The summed E-state index contributed by atoms with van der Waals surface area (Å²) in [6.45, 7) is 1.51. The molecule has 25 heavy (non-hydrogen) atoms. The zero-order valence-corrected chi connectivity index (χ0v) is 15.2. The van der Waals surface area contributed by atoms with Gasteiger partial charge in [-0.25, -0.2) is 17.5 Å². The van der Waals surface area contributed by atoms with Crippen LogP contribution in [0.3, 0.4) is 0 Å². The van der Waals surface area contributed by atoms with Crippen molar-refractivity contribution in [1.29, 1.82) is 0 Å². The second kappa shape index (κ2) is 7.86. The summed E-state index contributed by atoms with van der Waals surface area (Å²) in [5.41, 5.74) is 1.13. The highest BCUT2D eigenvalue weighted by molar-refractivity contribution is 7.89. The fourth-order valence-corrected chi connectivity index (χ4v) is 3.49. The number of Topliss-reactive ketones (excluding diaryl/α,β-unsaturated/α-hetero) is 1. The van der Waals surface area contributed by atoms with E-state index in [9.17, 15) is 17.6 Å². The van der Waals surface area contributed by atoms with Gasteiger partial charge in [-0.15, -0.1) is 0 Å². The van der Waals surface area contributed by atoms with E-state index in [0.717, 1.165) is 0 Å². The molecule has 0 bridgehead atoms. The van der Waals surface area contributed by atoms with Gasteiger partial charge in [-0.2, -0.15) is 0 Å². The van der Waals surface area contributed by atoms with Crippen LogP contribution in [-0.2, 0) is 10.0 Å². The first-order valence-electron chi connectivity index (χ1n) is 7.73. The van der Waals surface area contributed by atoms with Gasteiger partial charge in [0.05, 0.1) is 4.90 Å². The van der Waals surface area contributed by atoms with Crippen molar-refractivity contribution in [3.8, 4) is 0 Å². The maximum absolute atomic E-state index is 13.4. The molecular weight excluding hydrogens is 343 g/mol. The fraction of sp³-hybridized carbons (Fsp3) is 0.278. The number of ketones is 1. The predicted molar refractivity (Wildman–Crippen MR) is 94.5 cm³/mol. The molecule has 2 rings (SSSR count). The molecule has 0 saturated carbocycles. The van der Waals surface area contributed by atoms with E-state index in [2.05, 4.69) is 4.72 Å². The number of nitrogens with one attached hydrogen (secondary N) is 1. The Bertz CT molecular complexity index is 849. The number of benzene rings is 2. The van der Waals surface area contributed by atoms with Crippen LogP contribution in [0.25, 0.3) is 0 Å². The quantitative estimate of drug-likeness (QED) is 0.767. The second-order valence-corrected chi connectivity index (χ2v) is 7.73. The van der Waals surface area contributed by atoms with Crippen molar-refractivity contribution in [2.24, 2.45) is 0 Å². The minimum Gasteiger partial charge on any atom is -0.301 e. The number of hydrogen-bond acceptors (Lipinski definition) is 4. The zero-order chi connectivity index (χ0) is 18.6. The lowest BCUT2D eigenvalue weighted by atomic mass is 10.1. The summed E-state index contributed by atoms with van der Waals surface area (Å²) in [6.07, 6.45) is 0. The highest BCUT2D eigenvalue weighted by Crippen LogP contribution is 2.19. The Morgan fingerprint density at radius 1 is 1.16 bits per heavy atom. The average Bonchev–Trinajstić information content (AvgIpc) is 2.54. The van der Waals surface area contributed by atoms with Gasteiger partial charge in [0.1, 0.15) is 5.82 Å². The molecule has 1 N–H and O–H groups in total. The normalized spacial score (nSPS) is 13.0. The molecule has 2 aromatic rings. The molecule has 0 aliphatic rings. The molecule has 0 saturated heterocycles. The van der Waals surface area contributed by atoms with Gasteiger partial charge in [-0.1, -0.05) is 24.3 Å². The molecule has 0 aliphatic heterocycles. The number of sulfonamides is 1. The summed E-state index contributed by atoms with van der Waals surface area (Å²) in [5, 5.41) is 0. The molecule has 7 heteroatoms. The third-order valence-corrected chi connectivity index (χ3v) is 5.33. The Labute approximate surface area is 147 Å². The molecule has 0 amide bonds. The van der Waals surface area contributed by atoms with Gasteiger partial charge in [-0.3, -0.25) is 4.79 Å². The molecule has 0 spiro atoms. The number of nitrogens with zero attached hydrogens (tertiary/aromatic N) is 1. The monoisotopic (exact) mass is 364 g/mol. The van der Waals surface area contributed by atoms with Crippen molar-refractivity contribution in [1.82, 2.24) is 9.62 Å². The molecule has 5 nitrogen and oxygen atoms in total. The van der Waals surface area contributed by atoms with E-state index < -0.39 is 10.0 Å². The van der Waals surface area contributed by atoms with Gasteiger partial charge in [0.25, 0.3) is 0 Å². The zero-order valence-electron chi connectivity index (χ0n) is 14.4. The van der Waals surface area contributed by atoms with E-state index >= 15 is 0 Å². The third-order valence-electron chi connectivity index (χ3n) is 3.89. The highest BCUT2D eigenvalue weighted by atomic mass is 32.2. The van der Waals surface area contributed by atoms with Gasteiger partial charge in [0, 0.05) is 18.2 Å². The molecule has 0 fully saturated rings. The Kier molecular flexibility index (Phi) is 6.05. The van der Waals surface area contributed by atoms with Crippen LogP contribution in [0.1, 0.15) is 28.9 Å². The van der Waals surface area contributed by atoms with Crippen molar-refractivity contribution < 1.29 is 17.6 Å². The summed E-state index contributed by atoms with van der Waals surface area (Å²) in [4.78, 5) is 13.2. The van der Waals surface area contributed by atoms with Crippen molar-refractivity contribution in [2.75, 3.05) is 20.6 Å². The van der Waals surface area contributed by atoms with Gasteiger partial charge >= 0.3 is 0 Å². The van der Waals surface area contributed by atoms with E-state index in [-0.39, 0.29) is 29.1 Å². The SMILES string of the molecule is CC(=O)c1ccc(S(=O)(=O)NC[C@@H](c2cccc(F)c2)N(C)C)cc1. The highest BCUT2D eigenvalue weighted by Gasteiger charge is 2.20. The lowest BCUT2D eigenvalue weighted by molar-refractivity contribution is 0.101. The summed E-state index contributed by atoms with van der Waals surface area (Å²) in [6, 6.07) is 11.5. The number of carbonyl (C=O) groups excluding carboxylic acids is 1. The third kappa shape index (κ3) is 4.94. The molecule has 0 heterocycles. The van der Waals surface area contributed by atoms with Crippen LogP contribution in [0, 0.1) is 5.82 Å². The second-order valence-electron chi connectivity index (χ2n) is 5.97. The van der Waals surface area contributed by atoms with Crippen LogP contribution < -0.4 is 4.72 Å². The Morgan fingerprint density at radius 3 is 2.32 bits per heavy atom. The molecule has 2 aromatic carbocycles. The van der Waals surface area contributed by atoms with E-state index in [0.29, 0.717) is 11.1 Å². The lowest BCUT2D eigenvalue weighted by Crippen LogP contribution is -2.34. The molecule has 134 valence electrons. The van der Waals surface area contributed by atoms with Gasteiger partial charge < -0.3 is 4.90 Å². The number of rotatable bonds is 7. The topological polar surface area (TPSA) is 66.5 Å². The molecular formula is C18H21FN2O3S. The summed E-state index contributed by atoms with van der Waals surface area (Å²) in [7, 11) is -0.137. The Hall–Kier alpha value is -2.09. The van der Waals surface area contributed by atoms with E-state index in [1.165, 1.54) is 43.3 Å². The minimum absolute atomic E-state index is 0.0780. The van der Waals surface area contributed by atoms with Gasteiger partial charge in [0.15, 0.2) is 5.78 Å². The Morgan fingerprint density at radius 2 is 1.80 bits per heavy atom. The van der Waals surface area contributed by atoms with E-state index in [4.69, 9.17) is 0 Å². The summed E-state index contributed by atoms with van der Waals surface area (Å²) >= 11 is 0. The predicted octanol–water partition coefficient (Wildman–Crippen LogP) is 2.61. The van der Waals surface area contributed by atoms with Crippen LogP contribution in [-0.4, -0.2) is 39.7 Å². The fourth-order valence-electron chi connectivity index (χ4n) is 2.45. The largest absolute Gasteiger partial charge is 0.301 e. The summed E-state index contributed by atoms with van der Waals surface area (Å²) < 4.78 is 40.9. The van der Waals surface area contributed by atoms with E-state index in [1.54, 1.807) is 26.2 Å². The van der Waals surface area contributed by atoms with E-state index in [1.807, 2.05) is 4.90 Å². The first-order valence-corrected chi connectivity index (χ1v) is 9.21. The Balaban J connectivity index is 2.17. The number of likely N-dealkylation sites (N-methyl/N-ethyl adjacent to an activating group) is 1. The molecule has 0 aromatic heterocycles. The maximum atomic E-state index is 13.4. The van der Waals surface area contributed by atoms with Crippen LogP contribution in [0.5, 0.6) is 0 Å². The average molecular weight is 364 g/mol. The van der Waals surface area contributed by atoms with Gasteiger partial charge in [-0.05, 0) is 50.8 Å². The van der Waals surface area contributed by atoms with Crippen molar-refractivity contribution in [3.05, 3.63) is 65.5 Å². The van der Waals surface area contributed by atoms with Crippen LogP contribution >= 0.6 is 0 Å². The number of hydrogen-bond donors (Lipinski definition) is 1. The number of halogens is 1. The lowest BCUT2D eigenvalue weighted by Gasteiger charge is -2.25. The number of carbonyl (C=O) groups is 1. The van der Waals surface area contributed by atoms with Crippen LogP contribution in [0.2, 0.25) is 0 Å². The summed E-state index contributed by atoms with van der Waals surface area (Å²) in [5.74, 6) is -0.497. The van der Waals surface area contributed by atoms with Crippen LogP contribution in [0.15, 0.2) is 53.4 Å². The molecule has 0 radical (unpaired) electrons. The maximum Gasteiger partial charge on any atom is 0.240 e. The minimum atomic E-state index is -3.73. The van der Waals surface area contributed by atoms with Crippen LogP contribution in [0.4, 0.5) is 4.39 Å². The first kappa shape index (κ1) is 19.2. The molecule has 0 aliphatic carbocycles. The standard InChI is InChI=1S/C18H21FN2O3S/c1-13(22)14-7-9-17(10-8-14)25(23,24)20-12-18(21(2)3)15-5-4-6-16(19)11-15/h4-11,18,20H,12H2,1-3H3/t18-/m0/s1. The van der Waals surface area contributed by atoms with Gasteiger partial charge in [0.2, 0.25) is 10.0 Å². The first-order chi connectivity index (χ1) is 11.7. The smallest absolute Gasteiger partial charge is 0.240 e. The van der Waals surface area contributed by atoms with Crippen molar-refractivity contribution in [3.63, 3.8) is 0 Å². The van der Waals surface area contributed by atoms with Crippen molar-refractivity contribution >= 4 is 15.8 Å².